The van der Waals surface area contributed by atoms with Crippen molar-refractivity contribution in [2.45, 2.75) is 20.8 Å². The van der Waals surface area contributed by atoms with Gasteiger partial charge in [-0.15, -0.1) is 0 Å². The molecule has 0 bridgehead atoms. The van der Waals surface area contributed by atoms with Crippen molar-refractivity contribution in [1.82, 2.24) is 0 Å². The average molecular weight is 324 g/mol. The van der Waals surface area contributed by atoms with E-state index in [1.165, 1.54) is 12.1 Å². The van der Waals surface area contributed by atoms with Gasteiger partial charge in [0.05, 0.1) is 11.1 Å². The summed E-state index contributed by atoms with van der Waals surface area (Å²) in [6, 6.07) is 5.95. The Morgan fingerprint density at radius 1 is 1.10 bits per heavy atom. The van der Waals surface area contributed by atoms with Crippen molar-refractivity contribution in [2.24, 2.45) is 0 Å². The van der Waals surface area contributed by atoms with E-state index < -0.39 is 22.2 Å². The van der Waals surface area contributed by atoms with Gasteiger partial charge in [-0.3, -0.25) is 0 Å². The van der Waals surface area contributed by atoms with Crippen LogP contribution in [0, 0.1) is 0 Å². The predicted molar refractivity (Wildman–Crippen MR) is 80.0 cm³/mol. The van der Waals surface area contributed by atoms with Crippen LogP contribution in [-0.2, 0) is 4.18 Å². The standard InChI is InChI=1S/C14H20O4S.Na.H2O/c1-4-19(5-2,6-3)18-14(17)12-9-7-8-11(10-12)13(15)16;;/h7-10H,4-6H2,1-3H3,(H,15,16);;1H2/q;+1;/p-1. The Kier molecular flexibility index (Phi) is 11.1. The van der Waals surface area contributed by atoms with Crippen molar-refractivity contribution in [3.8, 4) is 0 Å². The van der Waals surface area contributed by atoms with Crippen molar-refractivity contribution in [3.05, 3.63) is 35.4 Å². The molecule has 0 aliphatic carbocycles. The van der Waals surface area contributed by atoms with Crippen LogP contribution in [0.25, 0.3) is 0 Å². The Bertz CT molecular complexity index is 466. The quantitative estimate of drug-likeness (QED) is 0.752. The summed E-state index contributed by atoms with van der Waals surface area (Å²) in [6.45, 7) is 6.05. The summed E-state index contributed by atoms with van der Waals surface area (Å²) in [7, 11) is -1.39. The zero-order valence-electron chi connectivity index (χ0n) is 13.0. The van der Waals surface area contributed by atoms with Crippen LogP contribution in [0.5, 0.6) is 0 Å². The van der Waals surface area contributed by atoms with Crippen molar-refractivity contribution >= 4 is 22.2 Å². The van der Waals surface area contributed by atoms with Gasteiger partial charge in [0.15, 0.2) is 0 Å². The number of rotatable bonds is 6. The molecule has 0 aliphatic heterocycles. The summed E-state index contributed by atoms with van der Waals surface area (Å²) in [5.41, 5.74) is 0.395. The summed E-state index contributed by atoms with van der Waals surface area (Å²) in [5, 5.41) is 8.92. The molecular formula is C14H21NaO5S. The minimum absolute atomic E-state index is 0. The Hall–Kier alpha value is -0.530. The van der Waals surface area contributed by atoms with Crippen LogP contribution in [0.3, 0.4) is 0 Å². The van der Waals surface area contributed by atoms with Gasteiger partial charge in [0.25, 0.3) is 0 Å². The van der Waals surface area contributed by atoms with Crippen molar-refractivity contribution in [1.29, 1.82) is 0 Å². The van der Waals surface area contributed by atoms with Crippen LogP contribution in [-0.4, -0.2) is 39.8 Å². The van der Waals surface area contributed by atoms with Gasteiger partial charge in [-0.25, -0.2) is 9.59 Å². The molecule has 5 nitrogen and oxygen atoms in total. The summed E-state index contributed by atoms with van der Waals surface area (Å²) in [5.74, 6) is 0.998. The minimum Gasteiger partial charge on any atom is -0.870 e. The van der Waals surface area contributed by atoms with Crippen molar-refractivity contribution < 1.29 is 53.9 Å². The summed E-state index contributed by atoms with van der Waals surface area (Å²) in [6.07, 6.45) is 0. The van der Waals surface area contributed by atoms with Gasteiger partial charge in [0.2, 0.25) is 0 Å². The molecule has 1 aromatic rings. The number of benzene rings is 1. The van der Waals surface area contributed by atoms with E-state index in [9.17, 15) is 9.59 Å². The first-order valence-corrected chi connectivity index (χ1v) is 8.38. The number of aromatic carboxylic acids is 1. The first-order valence-electron chi connectivity index (χ1n) is 6.31. The van der Waals surface area contributed by atoms with E-state index in [-0.39, 0.29) is 40.6 Å². The number of carboxylic acid groups (broad SMARTS) is 1. The molecule has 0 saturated carbocycles. The van der Waals surface area contributed by atoms with Crippen LogP contribution >= 0.6 is 10.3 Å². The molecule has 0 heterocycles. The molecule has 0 amide bonds. The molecule has 1 aromatic carbocycles. The number of carbonyl (C=O) groups is 2. The van der Waals surface area contributed by atoms with E-state index in [0.29, 0.717) is 5.56 Å². The molecule has 0 fully saturated rings. The van der Waals surface area contributed by atoms with Gasteiger partial charge in [-0.05, 0) is 18.2 Å². The number of carboxylic acids is 1. The summed E-state index contributed by atoms with van der Waals surface area (Å²) in [4.78, 5) is 23.0. The summed E-state index contributed by atoms with van der Waals surface area (Å²) < 4.78 is 5.66. The van der Waals surface area contributed by atoms with Crippen LogP contribution in [0.4, 0.5) is 0 Å². The number of hydrogen-bond donors (Lipinski definition) is 1. The Balaban J connectivity index is 0. The van der Waals surface area contributed by atoms with E-state index in [1.54, 1.807) is 12.1 Å². The molecule has 0 saturated heterocycles. The van der Waals surface area contributed by atoms with E-state index in [4.69, 9.17) is 9.29 Å². The smallest absolute Gasteiger partial charge is 0.870 e. The molecule has 0 spiro atoms. The molecule has 0 unspecified atom stereocenters. The average Bonchev–Trinajstić information content (AvgIpc) is 2.45. The first-order chi connectivity index (χ1) is 8.98. The van der Waals surface area contributed by atoms with Crippen LogP contribution in [0.1, 0.15) is 41.5 Å². The molecule has 0 atom stereocenters. The fourth-order valence-electron chi connectivity index (χ4n) is 1.78. The van der Waals surface area contributed by atoms with Crippen molar-refractivity contribution in [2.75, 3.05) is 17.3 Å². The zero-order valence-corrected chi connectivity index (χ0v) is 15.8. The molecule has 0 radical (unpaired) electrons. The molecule has 114 valence electrons. The van der Waals surface area contributed by atoms with Gasteiger partial charge >= 0.3 is 41.5 Å². The Labute approximate surface area is 149 Å². The van der Waals surface area contributed by atoms with E-state index in [2.05, 4.69) is 0 Å². The normalized spacial score (nSPS) is 10.8. The molecule has 21 heavy (non-hydrogen) atoms. The second-order valence-corrected chi connectivity index (χ2v) is 7.92. The number of hydrogen-bond acceptors (Lipinski definition) is 4. The minimum atomic E-state index is -1.39. The molecule has 0 aromatic heterocycles. The third-order valence-electron chi connectivity index (χ3n) is 3.18. The second-order valence-electron chi connectivity index (χ2n) is 4.09. The van der Waals surface area contributed by atoms with Crippen molar-refractivity contribution in [3.63, 3.8) is 0 Å². The van der Waals surface area contributed by atoms with E-state index >= 15 is 0 Å². The fraction of sp³-hybridized carbons (Fsp3) is 0.429. The van der Waals surface area contributed by atoms with Gasteiger partial charge < -0.3 is 14.8 Å². The Morgan fingerprint density at radius 2 is 1.57 bits per heavy atom. The van der Waals surface area contributed by atoms with Crippen LogP contribution in [0.15, 0.2) is 24.3 Å². The van der Waals surface area contributed by atoms with Gasteiger partial charge in [-0.1, -0.05) is 37.1 Å². The fourth-order valence-corrected chi connectivity index (χ4v) is 3.77. The van der Waals surface area contributed by atoms with E-state index in [1.807, 2.05) is 20.8 Å². The van der Waals surface area contributed by atoms with Gasteiger partial charge in [0, 0.05) is 17.3 Å². The van der Waals surface area contributed by atoms with E-state index in [0.717, 1.165) is 17.3 Å². The maximum Gasteiger partial charge on any atom is 1.00 e. The molecule has 0 aliphatic rings. The third-order valence-corrected chi connectivity index (χ3v) is 6.84. The maximum absolute atomic E-state index is 12.1. The predicted octanol–water partition coefficient (Wildman–Crippen LogP) is 0.148. The van der Waals surface area contributed by atoms with Gasteiger partial charge in [-0.2, -0.15) is 0 Å². The van der Waals surface area contributed by atoms with Gasteiger partial charge in [0.1, 0.15) is 0 Å². The Morgan fingerprint density at radius 3 is 2.00 bits per heavy atom. The van der Waals surface area contributed by atoms with Crippen LogP contribution < -0.4 is 29.6 Å². The molecule has 2 N–H and O–H groups in total. The second kappa shape index (κ2) is 10.2. The zero-order chi connectivity index (χ0) is 14.5. The molecular weight excluding hydrogens is 303 g/mol. The monoisotopic (exact) mass is 324 g/mol. The topological polar surface area (TPSA) is 93.6 Å². The largest absolute Gasteiger partial charge is 1.00 e. The molecule has 7 heteroatoms. The number of carbonyl (C=O) groups excluding carboxylic acids is 1. The third kappa shape index (κ3) is 6.00. The first kappa shape index (κ1) is 22.7. The van der Waals surface area contributed by atoms with Crippen LogP contribution in [0.2, 0.25) is 0 Å². The summed E-state index contributed by atoms with van der Waals surface area (Å²) >= 11 is 0. The molecule has 1 rings (SSSR count). The maximum atomic E-state index is 12.1. The SMILES string of the molecule is CCS(CC)(CC)OC(=O)c1cccc(C(=O)O)c1.[Na+].[OH-].